The quantitative estimate of drug-likeness (QED) is 0.861. The maximum Gasteiger partial charge on any atom is 0.407 e. The van der Waals surface area contributed by atoms with Crippen molar-refractivity contribution in [2.24, 2.45) is 11.3 Å². The van der Waals surface area contributed by atoms with Crippen LogP contribution in [0.3, 0.4) is 0 Å². The molecule has 28 heavy (non-hydrogen) atoms. The van der Waals surface area contributed by atoms with Gasteiger partial charge in [0.25, 0.3) is 5.91 Å². The Bertz CT molecular complexity index is 787. The van der Waals surface area contributed by atoms with Gasteiger partial charge in [-0.3, -0.25) is 4.79 Å². The van der Waals surface area contributed by atoms with Crippen LogP contribution in [-0.2, 0) is 4.74 Å². The van der Waals surface area contributed by atoms with Gasteiger partial charge in [-0.2, -0.15) is 0 Å². The number of amides is 2. The van der Waals surface area contributed by atoms with Gasteiger partial charge in [0.2, 0.25) is 6.79 Å². The van der Waals surface area contributed by atoms with Crippen LogP contribution in [0.2, 0.25) is 0 Å². The van der Waals surface area contributed by atoms with Crippen LogP contribution in [0.25, 0.3) is 0 Å². The highest BCUT2D eigenvalue weighted by molar-refractivity contribution is 5.98. The molecule has 2 aliphatic heterocycles. The minimum atomic E-state index is -0.524. The summed E-state index contributed by atoms with van der Waals surface area (Å²) in [6.07, 6.45) is 2.81. The van der Waals surface area contributed by atoms with E-state index in [0.717, 1.165) is 19.3 Å². The van der Waals surface area contributed by atoms with Crippen molar-refractivity contribution in [2.75, 3.05) is 26.4 Å². The van der Waals surface area contributed by atoms with Gasteiger partial charge in [0.1, 0.15) is 5.60 Å². The fourth-order valence-electron chi connectivity index (χ4n) is 4.69. The molecule has 0 bridgehead atoms. The average Bonchev–Trinajstić information content (AvgIpc) is 3.31. The zero-order valence-electron chi connectivity index (χ0n) is 16.7. The van der Waals surface area contributed by atoms with Crippen LogP contribution in [0, 0.1) is 11.3 Å². The van der Waals surface area contributed by atoms with Gasteiger partial charge in [-0.05, 0) is 51.7 Å². The first-order chi connectivity index (χ1) is 13.3. The summed E-state index contributed by atoms with van der Waals surface area (Å²) in [4.78, 5) is 27.2. The van der Waals surface area contributed by atoms with Crippen LogP contribution in [0.4, 0.5) is 4.79 Å². The number of carbonyl (C=O) groups is 2. The fourth-order valence-corrected chi connectivity index (χ4v) is 4.69. The average molecular weight is 388 g/mol. The first-order valence-electron chi connectivity index (χ1n) is 9.92. The van der Waals surface area contributed by atoms with Gasteiger partial charge in [-0.1, -0.05) is 12.5 Å². The number of benzene rings is 1. The predicted octanol–water partition coefficient (Wildman–Crippen LogP) is 3.18. The van der Waals surface area contributed by atoms with Crippen molar-refractivity contribution in [3.05, 3.63) is 23.8 Å². The second kappa shape index (κ2) is 6.87. The molecule has 7 nitrogen and oxygen atoms in total. The Balaban J connectivity index is 1.46. The topological polar surface area (TPSA) is 77.1 Å². The number of likely N-dealkylation sites (tertiary alicyclic amines) is 1. The van der Waals surface area contributed by atoms with Gasteiger partial charge < -0.3 is 24.4 Å². The van der Waals surface area contributed by atoms with E-state index in [1.165, 1.54) is 0 Å². The molecule has 1 aromatic carbocycles. The van der Waals surface area contributed by atoms with Crippen molar-refractivity contribution in [3.63, 3.8) is 0 Å². The summed E-state index contributed by atoms with van der Waals surface area (Å²) in [5.74, 6) is 1.51. The molecular formula is C21H28N2O5. The Morgan fingerprint density at radius 3 is 2.93 bits per heavy atom. The fraction of sp³-hybridized carbons (Fsp3) is 0.619. The highest BCUT2D eigenvalue weighted by Gasteiger charge is 2.51. The lowest BCUT2D eigenvalue weighted by Crippen LogP contribution is -2.43. The monoisotopic (exact) mass is 388 g/mol. The molecule has 2 fully saturated rings. The van der Waals surface area contributed by atoms with Crippen molar-refractivity contribution >= 4 is 12.0 Å². The van der Waals surface area contributed by atoms with Gasteiger partial charge in [-0.15, -0.1) is 0 Å². The molecule has 152 valence electrons. The third kappa shape index (κ3) is 3.50. The third-order valence-corrected chi connectivity index (χ3v) is 5.94. The number of nitrogens with zero attached hydrogens (tertiary/aromatic N) is 1. The van der Waals surface area contributed by atoms with E-state index in [1.54, 1.807) is 6.07 Å². The predicted molar refractivity (Wildman–Crippen MR) is 102 cm³/mol. The Labute approximate surface area is 165 Å². The number of carbonyl (C=O) groups excluding carboxylic acids is 2. The van der Waals surface area contributed by atoms with Crippen LogP contribution < -0.4 is 14.8 Å². The first kappa shape index (κ1) is 18.9. The highest BCUT2D eigenvalue weighted by atomic mass is 16.7. The zero-order chi connectivity index (χ0) is 19.9. The molecule has 3 aliphatic rings. The van der Waals surface area contributed by atoms with Gasteiger partial charge in [0.15, 0.2) is 11.5 Å². The van der Waals surface area contributed by atoms with Gasteiger partial charge in [-0.25, -0.2) is 4.79 Å². The lowest BCUT2D eigenvalue weighted by atomic mass is 9.81. The molecule has 2 atom stereocenters. The molecule has 0 radical (unpaired) electrons. The van der Waals surface area contributed by atoms with E-state index >= 15 is 0 Å². The standard InChI is InChI=1S/C21H28N2O5/c1-20(2,3)28-19(25)22-11-21-9-5-6-14(21)10-23(12-21)18(24)15-7-4-8-16-17(15)27-13-26-16/h4,7-8,14H,5-6,9-13H2,1-3H3,(H,22,25)/t14-,21-/m1/s1. The zero-order valence-corrected chi connectivity index (χ0v) is 16.7. The molecule has 2 amide bonds. The largest absolute Gasteiger partial charge is 0.454 e. The molecular weight excluding hydrogens is 360 g/mol. The smallest absolute Gasteiger partial charge is 0.407 e. The van der Waals surface area contributed by atoms with Crippen molar-refractivity contribution in [1.29, 1.82) is 0 Å². The summed E-state index contributed by atoms with van der Waals surface area (Å²) >= 11 is 0. The van der Waals surface area contributed by atoms with E-state index in [0.29, 0.717) is 42.6 Å². The SMILES string of the molecule is CC(C)(C)OC(=O)NC[C@@]12CCC[C@@H]1CN(C(=O)c1cccc3c1OCO3)C2. The number of alkyl carbamates (subject to hydrolysis) is 1. The second-order valence-electron chi connectivity index (χ2n) is 9.03. The number of rotatable bonds is 3. The van der Waals surface area contributed by atoms with Gasteiger partial charge >= 0.3 is 6.09 Å². The minimum Gasteiger partial charge on any atom is -0.454 e. The number of hydrogen-bond donors (Lipinski definition) is 1. The van der Waals surface area contributed by atoms with E-state index in [4.69, 9.17) is 14.2 Å². The molecule has 2 heterocycles. The summed E-state index contributed by atoms with van der Waals surface area (Å²) in [5, 5.41) is 2.94. The summed E-state index contributed by atoms with van der Waals surface area (Å²) in [7, 11) is 0. The molecule has 1 N–H and O–H groups in total. The molecule has 4 rings (SSSR count). The number of nitrogens with one attached hydrogen (secondary N) is 1. The number of ether oxygens (including phenoxy) is 3. The molecule has 1 aliphatic carbocycles. The molecule has 0 unspecified atom stereocenters. The van der Waals surface area contributed by atoms with Crippen LogP contribution in [0.5, 0.6) is 11.5 Å². The van der Waals surface area contributed by atoms with Gasteiger partial charge in [0.05, 0.1) is 5.56 Å². The highest BCUT2D eigenvalue weighted by Crippen LogP contribution is 2.49. The Morgan fingerprint density at radius 1 is 1.32 bits per heavy atom. The van der Waals surface area contributed by atoms with E-state index in [2.05, 4.69) is 5.32 Å². The minimum absolute atomic E-state index is 0.0339. The Hall–Kier alpha value is -2.44. The summed E-state index contributed by atoms with van der Waals surface area (Å²) in [6, 6.07) is 5.41. The van der Waals surface area contributed by atoms with E-state index in [1.807, 2.05) is 37.8 Å². The van der Waals surface area contributed by atoms with Gasteiger partial charge in [0, 0.05) is 25.0 Å². The van der Waals surface area contributed by atoms with E-state index in [9.17, 15) is 9.59 Å². The summed E-state index contributed by atoms with van der Waals surface area (Å²) < 4.78 is 16.3. The Morgan fingerprint density at radius 2 is 2.14 bits per heavy atom. The van der Waals surface area contributed by atoms with Crippen molar-refractivity contribution in [2.45, 2.75) is 45.6 Å². The maximum atomic E-state index is 13.2. The molecule has 1 aromatic rings. The second-order valence-corrected chi connectivity index (χ2v) is 9.03. The Kier molecular flexibility index (Phi) is 4.63. The maximum absolute atomic E-state index is 13.2. The third-order valence-electron chi connectivity index (χ3n) is 5.94. The molecule has 1 saturated heterocycles. The lowest BCUT2D eigenvalue weighted by Gasteiger charge is -2.30. The molecule has 1 saturated carbocycles. The van der Waals surface area contributed by atoms with Crippen LogP contribution in [-0.4, -0.2) is 48.9 Å². The number of para-hydroxylation sites is 1. The lowest BCUT2D eigenvalue weighted by molar-refractivity contribution is 0.0494. The first-order valence-corrected chi connectivity index (χ1v) is 9.92. The molecule has 0 aromatic heterocycles. The van der Waals surface area contributed by atoms with Crippen molar-refractivity contribution in [3.8, 4) is 11.5 Å². The summed E-state index contributed by atoms with van der Waals surface area (Å²) in [6.45, 7) is 7.57. The van der Waals surface area contributed by atoms with Crippen LogP contribution >= 0.6 is 0 Å². The summed E-state index contributed by atoms with van der Waals surface area (Å²) in [5.41, 5.74) is -0.0585. The normalized spacial score (nSPS) is 25.5. The number of fused-ring (bicyclic) bond motifs is 2. The molecule has 0 spiro atoms. The van der Waals surface area contributed by atoms with Crippen LogP contribution in [0.1, 0.15) is 50.4 Å². The van der Waals surface area contributed by atoms with Crippen molar-refractivity contribution in [1.82, 2.24) is 10.2 Å². The van der Waals surface area contributed by atoms with Crippen molar-refractivity contribution < 1.29 is 23.8 Å². The number of hydrogen-bond acceptors (Lipinski definition) is 5. The van der Waals surface area contributed by atoms with E-state index in [-0.39, 0.29) is 18.1 Å². The van der Waals surface area contributed by atoms with Crippen LogP contribution in [0.15, 0.2) is 18.2 Å². The molecule has 7 heteroatoms. The van der Waals surface area contributed by atoms with E-state index < -0.39 is 11.7 Å².